The van der Waals surface area contributed by atoms with Crippen LogP contribution in [0.1, 0.15) is 22.5 Å². The highest BCUT2D eigenvalue weighted by molar-refractivity contribution is 5.78. The lowest BCUT2D eigenvalue weighted by molar-refractivity contribution is 0.0566. The Morgan fingerprint density at radius 1 is 1.41 bits per heavy atom. The van der Waals surface area contributed by atoms with Crippen LogP contribution in [-0.2, 0) is 0 Å². The molecule has 0 bridgehead atoms. The van der Waals surface area contributed by atoms with Gasteiger partial charge in [-0.05, 0) is 24.1 Å². The Morgan fingerprint density at radius 3 is 2.71 bits per heavy atom. The van der Waals surface area contributed by atoms with Gasteiger partial charge in [-0.3, -0.25) is 4.79 Å². The topological polar surface area (TPSA) is 34.9 Å². The van der Waals surface area contributed by atoms with Crippen LogP contribution in [0.2, 0.25) is 0 Å². The minimum atomic E-state index is -2.64. The zero-order chi connectivity index (χ0) is 12.4. The fraction of sp³-hybridized carbons (Fsp3) is 0.167. The van der Waals surface area contributed by atoms with Crippen LogP contribution in [0.3, 0.4) is 0 Å². The summed E-state index contributed by atoms with van der Waals surface area (Å²) >= 11 is 0. The highest BCUT2D eigenvalue weighted by Gasteiger charge is 2.10. The van der Waals surface area contributed by atoms with E-state index in [4.69, 9.17) is 0 Å². The molecule has 2 aromatic rings. The lowest BCUT2D eigenvalue weighted by atomic mass is 10.0. The molecule has 2 rings (SSSR count). The molecule has 0 unspecified atom stereocenters. The van der Waals surface area contributed by atoms with Crippen LogP contribution >= 0.6 is 0 Å². The fourth-order valence-electron chi connectivity index (χ4n) is 1.67. The van der Waals surface area contributed by atoms with Gasteiger partial charge >= 0.3 is 6.55 Å². The monoisotopic (exact) mass is 236 g/mol. The van der Waals surface area contributed by atoms with Crippen LogP contribution in [0, 0.1) is 6.92 Å². The largest absolute Gasteiger partial charge is 0.333 e. The molecule has 0 aliphatic carbocycles. The number of rotatable bonds is 3. The molecule has 0 saturated carbocycles. The number of aldehydes is 1. The summed E-state index contributed by atoms with van der Waals surface area (Å²) in [6, 6.07) is 5.09. The quantitative estimate of drug-likeness (QED) is 0.767. The molecule has 0 amide bonds. The number of aromatic nitrogens is 2. The average Bonchev–Trinajstić information content (AvgIpc) is 2.78. The first kappa shape index (κ1) is 11.4. The van der Waals surface area contributed by atoms with Crippen molar-refractivity contribution in [1.82, 2.24) is 9.78 Å². The van der Waals surface area contributed by atoms with Crippen molar-refractivity contribution in [3.8, 4) is 11.1 Å². The van der Waals surface area contributed by atoms with Gasteiger partial charge in [-0.2, -0.15) is 13.9 Å². The van der Waals surface area contributed by atoms with Crippen molar-refractivity contribution in [3.63, 3.8) is 0 Å². The zero-order valence-corrected chi connectivity index (χ0v) is 9.10. The lowest BCUT2D eigenvalue weighted by Crippen LogP contribution is -1.96. The molecule has 0 N–H and O–H groups in total. The van der Waals surface area contributed by atoms with Crippen LogP contribution in [0.15, 0.2) is 30.6 Å². The van der Waals surface area contributed by atoms with Crippen LogP contribution in [0.5, 0.6) is 0 Å². The van der Waals surface area contributed by atoms with Gasteiger partial charge in [0.2, 0.25) is 0 Å². The summed E-state index contributed by atoms with van der Waals surface area (Å²) in [7, 11) is 0. The SMILES string of the molecule is Cc1cc(C=O)ccc1-c1cnn(C(F)F)c1. The summed E-state index contributed by atoms with van der Waals surface area (Å²) < 4.78 is 25.3. The van der Waals surface area contributed by atoms with E-state index in [1.165, 1.54) is 12.4 Å². The third-order valence-electron chi connectivity index (χ3n) is 2.50. The average molecular weight is 236 g/mol. The summed E-state index contributed by atoms with van der Waals surface area (Å²) in [6.07, 6.45) is 3.42. The van der Waals surface area contributed by atoms with E-state index >= 15 is 0 Å². The maximum atomic E-state index is 12.4. The van der Waals surface area contributed by atoms with Gasteiger partial charge in [0.1, 0.15) is 6.29 Å². The number of carbonyl (C=O) groups is 1. The third-order valence-corrected chi connectivity index (χ3v) is 2.50. The van der Waals surface area contributed by atoms with Crippen molar-refractivity contribution in [3.05, 3.63) is 41.7 Å². The smallest absolute Gasteiger partial charge is 0.298 e. The number of nitrogens with zero attached hydrogens (tertiary/aromatic N) is 2. The minimum absolute atomic E-state index is 0.563. The van der Waals surface area contributed by atoms with E-state index in [9.17, 15) is 13.6 Å². The summed E-state index contributed by atoms with van der Waals surface area (Å²) in [6.45, 7) is -0.819. The first-order chi connectivity index (χ1) is 8.11. The van der Waals surface area contributed by atoms with Crippen LogP contribution in [-0.4, -0.2) is 16.1 Å². The molecule has 3 nitrogen and oxygen atoms in total. The van der Waals surface area contributed by atoms with Crippen LogP contribution < -0.4 is 0 Å². The molecule has 0 fully saturated rings. The van der Waals surface area contributed by atoms with Crippen LogP contribution in [0.4, 0.5) is 8.78 Å². The number of halogens is 2. The van der Waals surface area contributed by atoms with Gasteiger partial charge in [-0.1, -0.05) is 12.1 Å². The molecular weight excluding hydrogens is 226 g/mol. The Labute approximate surface area is 96.7 Å². The molecule has 0 aliphatic rings. The van der Waals surface area contributed by atoms with Gasteiger partial charge in [0.15, 0.2) is 0 Å². The Morgan fingerprint density at radius 2 is 2.18 bits per heavy atom. The molecule has 0 aliphatic heterocycles. The maximum absolute atomic E-state index is 12.4. The predicted octanol–water partition coefficient (Wildman–Crippen LogP) is 3.07. The first-order valence-electron chi connectivity index (χ1n) is 5.00. The Bertz CT molecular complexity index is 549. The van der Waals surface area contributed by atoms with E-state index in [2.05, 4.69) is 5.10 Å². The first-order valence-corrected chi connectivity index (χ1v) is 5.00. The minimum Gasteiger partial charge on any atom is -0.298 e. The second-order valence-electron chi connectivity index (χ2n) is 3.68. The van der Waals surface area contributed by atoms with E-state index in [1.54, 1.807) is 18.2 Å². The van der Waals surface area contributed by atoms with Crippen LogP contribution in [0.25, 0.3) is 11.1 Å². The van der Waals surface area contributed by atoms with Crippen molar-refractivity contribution in [1.29, 1.82) is 0 Å². The zero-order valence-electron chi connectivity index (χ0n) is 9.10. The third kappa shape index (κ3) is 2.22. The maximum Gasteiger partial charge on any atom is 0.333 e. The van der Waals surface area contributed by atoms with E-state index in [-0.39, 0.29) is 0 Å². The molecular formula is C12H10F2N2O. The Balaban J connectivity index is 2.42. The highest BCUT2D eigenvalue weighted by atomic mass is 19.3. The second kappa shape index (κ2) is 4.45. The van der Waals surface area contributed by atoms with E-state index < -0.39 is 6.55 Å². The van der Waals surface area contributed by atoms with Crippen molar-refractivity contribution >= 4 is 6.29 Å². The van der Waals surface area contributed by atoms with Gasteiger partial charge < -0.3 is 0 Å². The Kier molecular flexibility index (Phi) is 2.99. The summed E-state index contributed by atoms with van der Waals surface area (Å²) in [4.78, 5) is 10.6. The number of benzene rings is 1. The number of aryl methyl sites for hydroxylation is 1. The number of carbonyl (C=O) groups excluding carboxylic acids is 1. The molecule has 0 saturated heterocycles. The molecule has 0 radical (unpaired) electrons. The lowest BCUT2D eigenvalue weighted by Gasteiger charge is -2.03. The van der Waals surface area contributed by atoms with Crippen molar-refractivity contribution < 1.29 is 13.6 Å². The van der Waals surface area contributed by atoms with E-state index in [1.807, 2.05) is 6.92 Å². The fourth-order valence-corrected chi connectivity index (χ4v) is 1.67. The van der Waals surface area contributed by atoms with Gasteiger partial charge in [0.25, 0.3) is 0 Å². The van der Waals surface area contributed by atoms with Crippen molar-refractivity contribution in [2.24, 2.45) is 0 Å². The second-order valence-corrected chi connectivity index (χ2v) is 3.68. The normalized spacial score (nSPS) is 10.8. The molecule has 5 heteroatoms. The molecule has 1 heterocycles. The molecule has 0 spiro atoms. The number of alkyl halides is 2. The van der Waals surface area contributed by atoms with Gasteiger partial charge in [0, 0.05) is 17.3 Å². The standard InChI is InChI=1S/C12H10F2N2O/c1-8-4-9(7-17)2-3-11(8)10-5-15-16(6-10)12(13)14/h2-7,12H,1H3. The van der Waals surface area contributed by atoms with E-state index in [0.29, 0.717) is 15.8 Å². The summed E-state index contributed by atoms with van der Waals surface area (Å²) in [5.41, 5.74) is 2.82. The van der Waals surface area contributed by atoms with Gasteiger partial charge in [-0.25, -0.2) is 4.68 Å². The number of hydrogen-bond donors (Lipinski definition) is 0. The Hall–Kier alpha value is -2.04. The van der Waals surface area contributed by atoms with Crippen molar-refractivity contribution in [2.45, 2.75) is 13.5 Å². The molecule has 17 heavy (non-hydrogen) atoms. The molecule has 88 valence electrons. The van der Waals surface area contributed by atoms with Gasteiger partial charge in [-0.15, -0.1) is 0 Å². The molecule has 1 aromatic heterocycles. The highest BCUT2D eigenvalue weighted by Crippen LogP contribution is 2.24. The predicted molar refractivity (Wildman–Crippen MR) is 59.0 cm³/mol. The van der Waals surface area contributed by atoms with Gasteiger partial charge in [0.05, 0.1) is 6.20 Å². The van der Waals surface area contributed by atoms with Crippen molar-refractivity contribution in [2.75, 3.05) is 0 Å². The molecule has 0 atom stereocenters. The summed E-state index contributed by atoms with van der Waals surface area (Å²) in [5.74, 6) is 0. The molecule has 1 aromatic carbocycles. The number of hydrogen-bond acceptors (Lipinski definition) is 2. The van der Waals surface area contributed by atoms with E-state index in [0.717, 1.165) is 17.4 Å². The summed E-state index contributed by atoms with van der Waals surface area (Å²) in [5, 5.41) is 3.57.